The molecule has 1 amide bonds. The summed E-state index contributed by atoms with van der Waals surface area (Å²) in [5, 5.41) is 0. The molecule has 0 saturated carbocycles. The van der Waals surface area contributed by atoms with E-state index in [4.69, 9.17) is 4.74 Å². The number of ether oxygens (including phenoxy) is 1. The molecule has 1 aliphatic rings. The minimum Gasteiger partial charge on any atom is -0.438 e. The van der Waals surface area contributed by atoms with Gasteiger partial charge in [0.05, 0.1) is 5.56 Å². The van der Waals surface area contributed by atoms with Gasteiger partial charge in [0.15, 0.2) is 0 Å². The molecule has 2 aromatic carbocycles. The molecule has 0 N–H and O–H groups in total. The fourth-order valence-electron chi connectivity index (χ4n) is 3.34. The third kappa shape index (κ3) is 4.05. The van der Waals surface area contributed by atoms with Crippen LogP contribution >= 0.6 is 15.9 Å². The van der Waals surface area contributed by atoms with E-state index in [2.05, 4.69) is 20.9 Å². The summed E-state index contributed by atoms with van der Waals surface area (Å²) < 4.78 is 45.4. The Hall–Kier alpha value is -2.87. The van der Waals surface area contributed by atoms with Gasteiger partial charge in [-0.3, -0.25) is 4.79 Å². The van der Waals surface area contributed by atoms with Gasteiger partial charge < -0.3 is 9.64 Å². The average Bonchev–Trinajstić information content (AvgIpc) is 3.01. The van der Waals surface area contributed by atoms with Crippen molar-refractivity contribution >= 4 is 21.8 Å². The molecular weight excluding hydrogens is 461 g/mol. The van der Waals surface area contributed by atoms with Crippen LogP contribution in [0.3, 0.4) is 0 Å². The molecule has 4 nitrogen and oxygen atoms in total. The zero-order chi connectivity index (χ0) is 21.5. The number of hydrogen-bond acceptors (Lipinski definition) is 3. The lowest BCUT2D eigenvalue weighted by atomic mass is 10.1. The second kappa shape index (κ2) is 7.75. The number of benzene rings is 2. The maximum absolute atomic E-state index is 13.0. The number of aryl methyl sites for hydroxylation is 1. The zero-order valence-corrected chi connectivity index (χ0v) is 17.4. The number of halogens is 4. The lowest BCUT2D eigenvalue weighted by molar-refractivity contribution is -0.137. The molecule has 0 unspecified atom stereocenters. The number of carbonyl (C=O) groups excluding carboxylic acids is 1. The minimum atomic E-state index is -4.43. The van der Waals surface area contributed by atoms with Crippen molar-refractivity contribution in [2.75, 3.05) is 0 Å². The summed E-state index contributed by atoms with van der Waals surface area (Å²) in [7, 11) is 0. The quantitative estimate of drug-likeness (QED) is 0.455. The normalized spacial score (nSPS) is 13.5. The highest BCUT2D eigenvalue weighted by molar-refractivity contribution is 9.10. The fraction of sp³-hybridized carbons (Fsp3) is 0.182. The summed E-state index contributed by atoms with van der Waals surface area (Å²) in [5.41, 5.74) is 1.64. The number of fused-ring (bicyclic) bond motifs is 1. The number of alkyl halides is 3. The van der Waals surface area contributed by atoms with Crippen LogP contribution in [0.5, 0.6) is 11.6 Å². The van der Waals surface area contributed by atoms with Crippen LogP contribution in [-0.2, 0) is 19.3 Å². The third-order valence-corrected chi connectivity index (χ3v) is 5.39. The molecule has 0 fully saturated rings. The van der Waals surface area contributed by atoms with Gasteiger partial charge in [0.1, 0.15) is 11.3 Å². The molecule has 2 heterocycles. The molecule has 3 aromatic rings. The van der Waals surface area contributed by atoms with Crippen LogP contribution in [0.15, 0.2) is 59.2 Å². The number of nitrogens with zero attached hydrogens (tertiary/aromatic N) is 2. The smallest absolute Gasteiger partial charge is 0.416 e. The van der Waals surface area contributed by atoms with Gasteiger partial charge in [0.2, 0.25) is 5.88 Å². The second-order valence-corrected chi connectivity index (χ2v) is 7.93. The Morgan fingerprint density at radius 2 is 1.87 bits per heavy atom. The Kier molecular flexibility index (Phi) is 5.27. The summed E-state index contributed by atoms with van der Waals surface area (Å²) in [6.07, 6.45) is -2.90. The Balaban J connectivity index is 1.58. The SMILES string of the molecule is Cc1cc(C(F)(F)F)ccc1Oc1nccc2c1C(=O)N(Cc1ccc(Br)cc1)C2. The van der Waals surface area contributed by atoms with E-state index in [-0.39, 0.29) is 17.5 Å². The van der Waals surface area contributed by atoms with Crippen molar-refractivity contribution in [3.63, 3.8) is 0 Å². The highest BCUT2D eigenvalue weighted by atomic mass is 79.9. The standard InChI is InChI=1S/C22H16BrF3N2O2/c1-13-10-16(22(24,25)26)4-7-18(13)30-20-19-15(8-9-27-20)12-28(21(19)29)11-14-2-5-17(23)6-3-14/h2-10H,11-12H2,1H3. The summed E-state index contributed by atoms with van der Waals surface area (Å²) in [6, 6.07) is 12.6. The molecule has 0 radical (unpaired) electrons. The van der Waals surface area contributed by atoms with Gasteiger partial charge in [-0.15, -0.1) is 0 Å². The van der Waals surface area contributed by atoms with E-state index in [9.17, 15) is 18.0 Å². The van der Waals surface area contributed by atoms with Crippen molar-refractivity contribution in [3.05, 3.63) is 87.0 Å². The van der Waals surface area contributed by atoms with E-state index < -0.39 is 11.7 Å². The third-order valence-electron chi connectivity index (χ3n) is 4.86. The predicted molar refractivity (Wildman–Crippen MR) is 108 cm³/mol. The van der Waals surface area contributed by atoms with Crippen molar-refractivity contribution in [1.82, 2.24) is 9.88 Å². The van der Waals surface area contributed by atoms with E-state index in [0.29, 0.717) is 24.2 Å². The van der Waals surface area contributed by atoms with Gasteiger partial charge in [-0.1, -0.05) is 28.1 Å². The number of aromatic nitrogens is 1. The number of pyridine rings is 1. The summed E-state index contributed by atoms with van der Waals surface area (Å²) >= 11 is 3.39. The number of carbonyl (C=O) groups is 1. The first kappa shape index (κ1) is 20.4. The van der Waals surface area contributed by atoms with E-state index in [1.54, 1.807) is 11.0 Å². The number of amides is 1. The first-order chi connectivity index (χ1) is 14.2. The van der Waals surface area contributed by atoms with Crippen LogP contribution in [0.1, 0.15) is 32.6 Å². The van der Waals surface area contributed by atoms with Gasteiger partial charge >= 0.3 is 6.18 Å². The van der Waals surface area contributed by atoms with Crippen LogP contribution in [0.25, 0.3) is 0 Å². The van der Waals surface area contributed by atoms with Gasteiger partial charge in [-0.2, -0.15) is 13.2 Å². The van der Waals surface area contributed by atoms with E-state index >= 15 is 0 Å². The highest BCUT2D eigenvalue weighted by Crippen LogP contribution is 2.36. The largest absolute Gasteiger partial charge is 0.438 e. The van der Waals surface area contributed by atoms with Gasteiger partial charge in [0, 0.05) is 23.8 Å². The molecule has 8 heteroatoms. The molecule has 0 spiro atoms. The first-order valence-electron chi connectivity index (χ1n) is 9.09. The maximum atomic E-state index is 13.0. The molecule has 1 aliphatic heterocycles. The average molecular weight is 477 g/mol. The number of hydrogen-bond donors (Lipinski definition) is 0. The van der Waals surface area contributed by atoms with Crippen molar-refractivity contribution in [3.8, 4) is 11.6 Å². The van der Waals surface area contributed by atoms with Crippen LogP contribution in [0.2, 0.25) is 0 Å². The first-order valence-corrected chi connectivity index (χ1v) is 9.89. The molecule has 154 valence electrons. The summed E-state index contributed by atoms with van der Waals surface area (Å²) in [5.74, 6) is 0.0994. The Morgan fingerprint density at radius 1 is 1.13 bits per heavy atom. The van der Waals surface area contributed by atoms with Crippen molar-refractivity contribution < 1.29 is 22.7 Å². The van der Waals surface area contributed by atoms with Crippen LogP contribution < -0.4 is 4.74 Å². The van der Waals surface area contributed by atoms with Crippen LogP contribution in [-0.4, -0.2) is 15.8 Å². The molecule has 0 saturated heterocycles. The Morgan fingerprint density at radius 3 is 2.53 bits per heavy atom. The van der Waals surface area contributed by atoms with Crippen molar-refractivity contribution in [2.24, 2.45) is 0 Å². The van der Waals surface area contributed by atoms with Gasteiger partial charge in [0.25, 0.3) is 5.91 Å². The zero-order valence-electron chi connectivity index (χ0n) is 15.8. The fourth-order valence-corrected chi connectivity index (χ4v) is 3.60. The maximum Gasteiger partial charge on any atom is 0.416 e. The lowest BCUT2D eigenvalue weighted by Crippen LogP contribution is -2.23. The van der Waals surface area contributed by atoms with Crippen LogP contribution in [0, 0.1) is 6.92 Å². The number of rotatable bonds is 4. The summed E-state index contributed by atoms with van der Waals surface area (Å²) in [4.78, 5) is 18.8. The van der Waals surface area contributed by atoms with E-state index in [1.165, 1.54) is 19.2 Å². The molecule has 0 aliphatic carbocycles. The van der Waals surface area contributed by atoms with Crippen molar-refractivity contribution in [2.45, 2.75) is 26.2 Å². The Bertz CT molecular complexity index is 1110. The molecule has 30 heavy (non-hydrogen) atoms. The van der Waals surface area contributed by atoms with Crippen molar-refractivity contribution in [1.29, 1.82) is 0 Å². The summed E-state index contributed by atoms with van der Waals surface area (Å²) in [6.45, 7) is 2.37. The monoisotopic (exact) mass is 476 g/mol. The predicted octanol–water partition coefficient (Wildman–Crippen LogP) is 6.12. The van der Waals surface area contributed by atoms with E-state index in [1.807, 2.05) is 24.3 Å². The Labute approximate surface area is 179 Å². The van der Waals surface area contributed by atoms with Crippen LogP contribution in [0.4, 0.5) is 13.2 Å². The highest BCUT2D eigenvalue weighted by Gasteiger charge is 2.33. The molecule has 0 atom stereocenters. The topological polar surface area (TPSA) is 42.4 Å². The molecule has 0 bridgehead atoms. The molecule has 4 rings (SSSR count). The lowest BCUT2D eigenvalue weighted by Gasteiger charge is -2.16. The molecule has 1 aromatic heterocycles. The van der Waals surface area contributed by atoms with Gasteiger partial charge in [-0.05, 0) is 60.0 Å². The molecular formula is C22H16BrF3N2O2. The minimum absolute atomic E-state index is 0.0960. The van der Waals surface area contributed by atoms with Gasteiger partial charge in [-0.25, -0.2) is 4.98 Å². The second-order valence-electron chi connectivity index (χ2n) is 7.02. The van der Waals surface area contributed by atoms with E-state index in [0.717, 1.165) is 27.7 Å².